The number of ether oxygens (including phenoxy) is 1. The molecule has 1 aromatic rings. The molecule has 1 rings (SSSR count). The Kier molecular flexibility index (Phi) is 5.49. The zero-order valence-electron chi connectivity index (χ0n) is 10.4. The lowest BCUT2D eigenvalue weighted by molar-refractivity contribution is -0.121. The first-order chi connectivity index (χ1) is 8.17. The minimum Gasteiger partial charge on any atom is -0.493 e. The molecule has 4 heteroatoms. The van der Waals surface area contributed by atoms with Crippen molar-refractivity contribution < 1.29 is 9.53 Å². The average molecular weight is 236 g/mol. The fourth-order valence-electron chi connectivity index (χ4n) is 1.43. The van der Waals surface area contributed by atoms with Crippen molar-refractivity contribution >= 4 is 5.91 Å². The Hall–Kier alpha value is -1.55. The lowest BCUT2D eigenvalue weighted by Gasteiger charge is -2.10. The molecule has 0 spiro atoms. The minimum atomic E-state index is -0.0189. The molecular formula is C13H20N2O2. The highest BCUT2D eigenvalue weighted by molar-refractivity contribution is 5.75. The monoisotopic (exact) mass is 236 g/mol. The van der Waals surface area contributed by atoms with Gasteiger partial charge in [-0.2, -0.15) is 0 Å². The molecule has 0 aromatic heterocycles. The quantitative estimate of drug-likeness (QED) is 0.788. The number of nitrogens with two attached hydrogens (primary N) is 1. The zero-order chi connectivity index (χ0) is 12.7. The van der Waals surface area contributed by atoms with E-state index in [1.165, 1.54) is 0 Å². The maximum atomic E-state index is 11.0. The first kappa shape index (κ1) is 13.5. The fraction of sp³-hybridized carbons (Fsp3) is 0.462. The van der Waals surface area contributed by atoms with Crippen LogP contribution in [0.2, 0.25) is 0 Å². The van der Waals surface area contributed by atoms with Gasteiger partial charge >= 0.3 is 0 Å². The van der Waals surface area contributed by atoms with Gasteiger partial charge in [-0.15, -0.1) is 0 Å². The first-order valence-electron chi connectivity index (χ1n) is 5.86. The first-order valence-corrected chi connectivity index (χ1v) is 5.86. The van der Waals surface area contributed by atoms with Gasteiger partial charge in [0.2, 0.25) is 5.91 Å². The van der Waals surface area contributed by atoms with Crippen molar-refractivity contribution in [2.24, 2.45) is 5.73 Å². The van der Waals surface area contributed by atoms with Crippen LogP contribution in [-0.4, -0.2) is 19.6 Å². The maximum Gasteiger partial charge on any atom is 0.223 e. The Balaban J connectivity index is 2.43. The van der Waals surface area contributed by atoms with Gasteiger partial charge in [0.1, 0.15) is 5.75 Å². The van der Waals surface area contributed by atoms with Gasteiger partial charge in [0, 0.05) is 13.1 Å². The van der Waals surface area contributed by atoms with Crippen LogP contribution in [0, 0.1) is 0 Å². The summed E-state index contributed by atoms with van der Waals surface area (Å²) in [6, 6.07) is 7.77. The molecule has 1 amide bonds. The molecule has 0 aliphatic rings. The third-order valence-electron chi connectivity index (χ3n) is 2.62. The SMILES string of the molecule is CC[C@@H](N)c1ccc(OCCC(=O)NC)cc1. The zero-order valence-corrected chi connectivity index (χ0v) is 10.4. The van der Waals surface area contributed by atoms with Crippen molar-refractivity contribution in [1.29, 1.82) is 0 Å². The molecular weight excluding hydrogens is 216 g/mol. The molecule has 0 saturated carbocycles. The third-order valence-corrected chi connectivity index (χ3v) is 2.62. The lowest BCUT2D eigenvalue weighted by Crippen LogP contribution is -2.20. The van der Waals surface area contributed by atoms with E-state index in [0.29, 0.717) is 13.0 Å². The molecule has 0 aliphatic carbocycles. The van der Waals surface area contributed by atoms with Crippen molar-refractivity contribution in [2.75, 3.05) is 13.7 Å². The topological polar surface area (TPSA) is 64.3 Å². The summed E-state index contributed by atoms with van der Waals surface area (Å²) in [6.07, 6.45) is 1.28. The Bertz CT molecular complexity index is 349. The Morgan fingerprint density at radius 2 is 2.06 bits per heavy atom. The Morgan fingerprint density at radius 1 is 1.41 bits per heavy atom. The number of hydrogen-bond donors (Lipinski definition) is 2. The molecule has 0 fully saturated rings. The molecule has 17 heavy (non-hydrogen) atoms. The maximum absolute atomic E-state index is 11.0. The molecule has 0 bridgehead atoms. The van der Waals surface area contributed by atoms with E-state index in [1.54, 1.807) is 7.05 Å². The van der Waals surface area contributed by atoms with Crippen LogP contribution >= 0.6 is 0 Å². The number of nitrogens with one attached hydrogen (secondary N) is 1. The summed E-state index contributed by atoms with van der Waals surface area (Å²) in [6.45, 7) is 2.44. The summed E-state index contributed by atoms with van der Waals surface area (Å²) in [5.74, 6) is 0.746. The molecule has 0 heterocycles. The summed E-state index contributed by atoms with van der Waals surface area (Å²) in [5.41, 5.74) is 7.01. The summed E-state index contributed by atoms with van der Waals surface area (Å²) in [5, 5.41) is 2.55. The average Bonchev–Trinajstić information content (AvgIpc) is 2.38. The molecule has 1 aromatic carbocycles. The van der Waals surface area contributed by atoms with Crippen LogP contribution in [-0.2, 0) is 4.79 Å². The summed E-state index contributed by atoms with van der Waals surface area (Å²) in [7, 11) is 1.61. The van der Waals surface area contributed by atoms with E-state index >= 15 is 0 Å². The van der Waals surface area contributed by atoms with E-state index in [1.807, 2.05) is 24.3 Å². The minimum absolute atomic E-state index is 0.0189. The molecule has 1 atom stereocenters. The second-order valence-electron chi connectivity index (χ2n) is 3.86. The van der Waals surface area contributed by atoms with Crippen molar-refractivity contribution in [3.05, 3.63) is 29.8 Å². The predicted molar refractivity (Wildman–Crippen MR) is 67.8 cm³/mol. The van der Waals surface area contributed by atoms with Crippen LogP contribution in [0.5, 0.6) is 5.75 Å². The predicted octanol–water partition coefficient (Wildman–Crippen LogP) is 1.61. The van der Waals surface area contributed by atoms with Gasteiger partial charge < -0.3 is 15.8 Å². The number of carbonyl (C=O) groups excluding carboxylic acids is 1. The second kappa shape index (κ2) is 6.91. The van der Waals surface area contributed by atoms with Gasteiger partial charge in [-0.25, -0.2) is 0 Å². The molecule has 0 aliphatic heterocycles. The number of amides is 1. The van der Waals surface area contributed by atoms with Crippen LogP contribution in [0.1, 0.15) is 31.4 Å². The van der Waals surface area contributed by atoms with Gasteiger partial charge in [0.25, 0.3) is 0 Å². The number of benzene rings is 1. The van der Waals surface area contributed by atoms with Crippen molar-refractivity contribution in [1.82, 2.24) is 5.32 Å². The van der Waals surface area contributed by atoms with E-state index in [0.717, 1.165) is 17.7 Å². The molecule has 94 valence electrons. The molecule has 0 radical (unpaired) electrons. The van der Waals surface area contributed by atoms with Gasteiger partial charge in [-0.05, 0) is 24.1 Å². The smallest absolute Gasteiger partial charge is 0.223 e. The van der Waals surface area contributed by atoms with Gasteiger partial charge in [-0.1, -0.05) is 19.1 Å². The van der Waals surface area contributed by atoms with Gasteiger partial charge in [-0.3, -0.25) is 4.79 Å². The van der Waals surface area contributed by atoms with Crippen LogP contribution in [0.4, 0.5) is 0 Å². The highest BCUT2D eigenvalue weighted by atomic mass is 16.5. The van der Waals surface area contributed by atoms with Crippen molar-refractivity contribution in [2.45, 2.75) is 25.8 Å². The van der Waals surface area contributed by atoms with Gasteiger partial charge in [0.05, 0.1) is 13.0 Å². The summed E-state index contributed by atoms with van der Waals surface area (Å²) in [4.78, 5) is 11.0. The number of rotatable bonds is 6. The van der Waals surface area contributed by atoms with E-state index < -0.39 is 0 Å². The normalized spacial score (nSPS) is 11.9. The second-order valence-corrected chi connectivity index (χ2v) is 3.86. The van der Waals surface area contributed by atoms with E-state index in [4.69, 9.17) is 10.5 Å². The number of hydrogen-bond acceptors (Lipinski definition) is 3. The highest BCUT2D eigenvalue weighted by Gasteiger charge is 2.03. The molecule has 3 N–H and O–H groups in total. The number of carbonyl (C=O) groups is 1. The summed E-state index contributed by atoms with van der Waals surface area (Å²) < 4.78 is 5.45. The molecule has 0 saturated heterocycles. The fourth-order valence-corrected chi connectivity index (χ4v) is 1.43. The highest BCUT2D eigenvalue weighted by Crippen LogP contribution is 2.18. The van der Waals surface area contributed by atoms with Crippen LogP contribution in [0.3, 0.4) is 0 Å². The lowest BCUT2D eigenvalue weighted by atomic mass is 10.1. The third kappa shape index (κ3) is 4.44. The van der Waals surface area contributed by atoms with E-state index in [2.05, 4.69) is 12.2 Å². The molecule has 4 nitrogen and oxygen atoms in total. The van der Waals surface area contributed by atoms with Crippen molar-refractivity contribution in [3.8, 4) is 5.75 Å². The van der Waals surface area contributed by atoms with Crippen LogP contribution in [0.15, 0.2) is 24.3 Å². The Morgan fingerprint density at radius 3 is 2.59 bits per heavy atom. The van der Waals surface area contributed by atoms with Crippen LogP contribution in [0.25, 0.3) is 0 Å². The van der Waals surface area contributed by atoms with Crippen LogP contribution < -0.4 is 15.8 Å². The van der Waals surface area contributed by atoms with Crippen molar-refractivity contribution in [3.63, 3.8) is 0 Å². The van der Waals surface area contributed by atoms with E-state index in [-0.39, 0.29) is 11.9 Å². The van der Waals surface area contributed by atoms with Gasteiger partial charge in [0.15, 0.2) is 0 Å². The van der Waals surface area contributed by atoms with E-state index in [9.17, 15) is 4.79 Å². The molecule has 0 unspecified atom stereocenters. The standard InChI is InChI=1S/C13H20N2O2/c1-3-12(14)10-4-6-11(7-5-10)17-9-8-13(16)15-2/h4-7,12H,3,8-9,14H2,1-2H3,(H,15,16)/t12-/m1/s1. The largest absolute Gasteiger partial charge is 0.493 e. The summed E-state index contributed by atoms with van der Waals surface area (Å²) >= 11 is 0. The Labute approximate surface area is 102 Å².